The van der Waals surface area contributed by atoms with Gasteiger partial charge in [-0.25, -0.2) is 0 Å². The highest BCUT2D eigenvalue weighted by Gasteiger charge is 1.96. The molecule has 0 aliphatic carbocycles. The highest BCUT2D eigenvalue weighted by atomic mass is 15.1. The Balaban J connectivity index is 2.62. The third-order valence-electron chi connectivity index (χ3n) is 1.47. The van der Waals surface area contributed by atoms with Gasteiger partial charge in [-0.1, -0.05) is 25.3 Å². The second kappa shape index (κ2) is 3.06. The molecule has 1 aliphatic rings. The summed E-state index contributed by atoms with van der Waals surface area (Å²) in [6.45, 7) is 8.23. The second-order valence-corrected chi connectivity index (χ2v) is 2.10. The van der Waals surface area contributed by atoms with Crippen LogP contribution in [0.2, 0.25) is 0 Å². The van der Waals surface area contributed by atoms with E-state index in [1.807, 2.05) is 23.3 Å². The Morgan fingerprint density at radius 1 is 1.50 bits per heavy atom. The van der Waals surface area contributed by atoms with E-state index in [2.05, 4.69) is 19.2 Å². The van der Waals surface area contributed by atoms with Gasteiger partial charge < -0.3 is 4.90 Å². The minimum Gasteiger partial charge on any atom is -0.351 e. The van der Waals surface area contributed by atoms with Gasteiger partial charge in [0.2, 0.25) is 0 Å². The maximum absolute atomic E-state index is 3.67. The first kappa shape index (κ1) is 6.87. The lowest BCUT2D eigenvalue weighted by Gasteiger charge is -2.15. The van der Waals surface area contributed by atoms with E-state index >= 15 is 0 Å². The van der Waals surface area contributed by atoms with Crippen molar-refractivity contribution >= 4 is 0 Å². The van der Waals surface area contributed by atoms with Crippen molar-refractivity contribution in [3.63, 3.8) is 0 Å². The van der Waals surface area contributed by atoms with Crippen LogP contribution in [0.4, 0.5) is 0 Å². The molecule has 10 heavy (non-hydrogen) atoms. The Morgan fingerprint density at radius 3 is 2.70 bits per heavy atom. The van der Waals surface area contributed by atoms with Gasteiger partial charge in [0.25, 0.3) is 0 Å². The standard InChI is InChI=1S/C9H11N/c1-3-9-5-7-10(4-2)8-6-9/h3-7H,1-2,8H2. The smallest absolute Gasteiger partial charge is 0.0408 e. The molecule has 0 fully saturated rings. The van der Waals surface area contributed by atoms with Crippen LogP contribution in [0.15, 0.2) is 49.4 Å². The van der Waals surface area contributed by atoms with Crippen molar-refractivity contribution in [2.24, 2.45) is 0 Å². The van der Waals surface area contributed by atoms with Crippen LogP contribution in [0, 0.1) is 0 Å². The van der Waals surface area contributed by atoms with Crippen LogP contribution in [0.25, 0.3) is 0 Å². The van der Waals surface area contributed by atoms with E-state index in [1.165, 1.54) is 5.57 Å². The minimum absolute atomic E-state index is 0.904. The van der Waals surface area contributed by atoms with Crippen molar-refractivity contribution in [1.82, 2.24) is 4.90 Å². The Hall–Kier alpha value is -1.24. The summed E-state index contributed by atoms with van der Waals surface area (Å²) in [7, 11) is 0. The molecular weight excluding hydrogens is 122 g/mol. The number of hydrogen-bond donors (Lipinski definition) is 0. The van der Waals surface area contributed by atoms with Crippen molar-refractivity contribution in [1.29, 1.82) is 0 Å². The zero-order valence-corrected chi connectivity index (χ0v) is 5.96. The molecule has 1 heteroatoms. The predicted octanol–water partition coefficient (Wildman–Crippen LogP) is 2.07. The summed E-state index contributed by atoms with van der Waals surface area (Å²) >= 11 is 0. The molecule has 0 saturated heterocycles. The summed E-state index contributed by atoms with van der Waals surface area (Å²) in [5.74, 6) is 0. The van der Waals surface area contributed by atoms with Gasteiger partial charge in [-0.2, -0.15) is 0 Å². The fourth-order valence-corrected chi connectivity index (χ4v) is 0.808. The summed E-state index contributed by atoms with van der Waals surface area (Å²) in [4.78, 5) is 2.01. The fraction of sp³-hybridized carbons (Fsp3) is 0.111. The lowest BCUT2D eigenvalue weighted by molar-refractivity contribution is 0.560. The van der Waals surface area contributed by atoms with Crippen LogP contribution in [-0.2, 0) is 0 Å². The van der Waals surface area contributed by atoms with Crippen LogP contribution in [-0.4, -0.2) is 11.4 Å². The number of hydrogen-bond acceptors (Lipinski definition) is 1. The van der Waals surface area contributed by atoms with E-state index in [-0.39, 0.29) is 0 Å². The zero-order chi connectivity index (χ0) is 7.40. The van der Waals surface area contributed by atoms with Crippen LogP contribution >= 0.6 is 0 Å². The Kier molecular flexibility index (Phi) is 2.11. The second-order valence-electron chi connectivity index (χ2n) is 2.10. The van der Waals surface area contributed by atoms with Gasteiger partial charge in [-0.15, -0.1) is 0 Å². The summed E-state index contributed by atoms with van der Waals surface area (Å²) < 4.78 is 0. The van der Waals surface area contributed by atoms with Crippen molar-refractivity contribution in [2.45, 2.75) is 0 Å². The fourth-order valence-electron chi connectivity index (χ4n) is 0.808. The maximum Gasteiger partial charge on any atom is 0.0408 e. The molecule has 0 saturated carbocycles. The molecule has 1 heterocycles. The first-order chi connectivity index (χ1) is 4.86. The predicted molar refractivity (Wildman–Crippen MR) is 44.3 cm³/mol. The molecule has 1 rings (SSSR count). The van der Waals surface area contributed by atoms with Crippen molar-refractivity contribution in [3.8, 4) is 0 Å². The van der Waals surface area contributed by atoms with Gasteiger partial charge in [0, 0.05) is 12.7 Å². The topological polar surface area (TPSA) is 3.24 Å². The number of rotatable bonds is 2. The molecule has 0 aromatic heterocycles. The van der Waals surface area contributed by atoms with Crippen molar-refractivity contribution < 1.29 is 0 Å². The third-order valence-corrected chi connectivity index (χ3v) is 1.47. The Bertz CT molecular complexity index is 199. The summed E-state index contributed by atoms with van der Waals surface area (Å²) in [6.07, 6.45) is 9.75. The molecule has 0 spiro atoms. The average Bonchev–Trinajstić information content (AvgIpc) is 2.05. The molecule has 52 valence electrons. The summed E-state index contributed by atoms with van der Waals surface area (Å²) in [6, 6.07) is 0. The molecule has 0 amide bonds. The maximum atomic E-state index is 3.67. The van der Waals surface area contributed by atoms with Crippen molar-refractivity contribution in [2.75, 3.05) is 6.54 Å². The van der Waals surface area contributed by atoms with Gasteiger partial charge in [0.1, 0.15) is 0 Å². The molecule has 0 bridgehead atoms. The van der Waals surface area contributed by atoms with Gasteiger partial charge in [0.15, 0.2) is 0 Å². The van der Waals surface area contributed by atoms with Gasteiger partial charge in [-0.05, 0) is 17.8 Å². The van der Waals surface area contributed by atoms with E-state index < -0.39 is 0 Å². The van der Waals surface area contributed by atoms with Crippen LogP contribution in [0.5, 0.6) is 0 Å². The van der Waals surface area contributed by atoms with E-state index in [0.717, 1.165) is 6.54 Å². The summed E-state index contributed by atoms with van der Waals surface area (Å²) in [5.41, 5.74) is 1.18. The minimum atomic E-state index is 0.904. The first-order valence-corrected chi connectivity index (χ1v) is 3.26. The van der Waals surface area contributed by atoms with Crippen LogP contribution in [0.1, 0.15) is 0 Å². The number of allylic oxidation sites excluding steroid dienone is 3. The van der Waals surface area contributed by atoms with Crippen LogP contribution in [0.3, 0.4) is 0 Å². The quantitative estimate of drug-likeness (QED) is 0.557. The van der Waals surface area contributed by atoms with E-state index in [9.17, 15) is 0 Å². The molecule has 1 aliphatic heterocycles. The highest BCUT2D eigenvalue weighted by Crippen LogP contribution is 2.06. The average molecular weight is 133 g/mol. The van der Waals surface area contributed by atoms with Crippen molar-refractivity contribution in [3.05, 3.63) is 49.4 Å². The van der Waals surface area contributed by atoms with Crippen LogP contribution < -0.4 is 0 Å². The molecule has 1 nitrogen and oxygen atoms in total. The molecule has 0 radical (unpaired) electrons. The lowest BCUT2D eigenvalue weighted by Crippen LogP contribution is -2.11. The molecule has 0 aromatic rings. The molecule has 0 unspecified atom stereocenters. The Morgan fingerprint density at radius 2 is 2.30 bits per heavy atom. The van der Waals surface area contributed by atoms with E-state index in [1.54, 1.807) is 6.20 Å². The van der Waals surface area contributed by atoms with Gasteiger partial charge >= 0.3 is 0 Å². The largest absolute Gasteiger partial charge is 0.351 e. The first-order valence-electron chi connectivity index (χ1n) is 3.26. The molecule has 0 atom stereocenters. The van der Waals surface area contributed by atoms with E-state index in [4.69, 9.17) is 0 Å². The summed E-state index contributed by atoms with van der Waals surface area (Å²) in [5, 5.41) is 0. The zero-order valence-electron chi connectivity index (χ0n) is 5.96. The SMILES string of the molecule is C=CC1=CCN(C=C)C=C1. The Labute approximate surface area is 61.7 Å². The number of nitrogens with zero attached hydrogens (tertiary/aromatic N) is 1. The third kappa shape index (κ3) is 1.38. The normalized spacial score (nSPS) is 16.4. The molecule has 0 aromatic carbocycles. The van der Waals surface area contributed by atoms with E-state index in [0.29, 0.717) is 0 Å². The van der Waals surface area contributed by atoms with Gasteiger partial charge in [-0.3, -0.25) is 0 Å². The monoisotopic (exact) mass is 133 g/mol. The molecular formula is C9H11N. The molecule has 0 N–H and O–H groups in total. The van der Waals surface area contributed by atoms with Gasteiger partial charge in [0.05, 0.1) is 0 Å². The highest BCUT2D eigenvalue weighted by molar-refractivity contribution is 5.31. The lowest BCUT2D eigenvalue weighted by atomic mass is 10.2.